The zero-order chi connectivity index (χ0) is 8.85. The van der Waals surface area contributed by atoms with Gasteiger partial charge in [0.2, 0.25) is 0 Å². The van der Waals surface area contributed by atoms with E-state index in [4.69, 9.17) is 0 Å². The maximum atomic E-state index is 3.76. The molecule has 0 amide bonds. The first-order valence-corrected chi connectivity index (χ1v) is 4.33. The highest BCUT2D eigenvalue weighted by Gasteiger charge is 2.07. The highest BCUT2D eigenvalue weighted by molar-refractivity contribution is 4.99. The summed E-state index contributed by atoms with van der Waals surface area (Å²) in [6.07, 6.45) is 5.44. The number of allylic oxidation sites excluding steroid dienone is 3. The van der Waals surface area contributed by atoms with Crippen LogP contribution in [0.4, 0.5) is 0 Å². The molecule has 0 heteroatoms. The Kier molecular flexibility index (Phi) is 4.93. The second-order valence-electron chi connectivity index (χ2n) is 3.68. The molecule has 0 nitrogen and oxygen atoms in total. The van der Waals surface area contributed by atoms with Crippen LogP contribution in [0.5, 0.6) is 0 Å². The number of rotatable bonds is 4. The number of hydrogen-bond donors (Lipinski definition) is 0. The molecular weight excluding hydrogens is 132 g/mol. The molecule has 0 aliphatic rings. The van der Waals surface area contributed by atoms with Gasteiger partial charge in [-0.1, -0.05) is 31.6 Å². The van der Waals surface area contributed by atoms with Crippen LogP contribution in [0.25, 0.3) is 0 Å². The lowest BCUT2D eigenvalue weighted by Gasteiger charge is -2.15. The summed E-state index contributed by atoms with van der Waals surface area (Å²) >= 11 is 0. The monoisotopic (exact) mass is 152 g/mol. The van der Waals surface area contributed by atoms with Gasteiger partial charge in [0.15, 0.2) is 0 Å². The fraction of sp³-hybridized carbons (Fsp3) is 0.636. The van der Waals surface area contributed by atoms with Gasteiger partial charge in [0, 0.05) is 0 Å². The van der Waals surface area contributed by atoms with E-state index in [1.165, 1.54) is 5.57 Å². The van der Waals surface area contributed by atoms with Crippen LogP contribution in [-0.2, 0) is 0 Å². The molecule has 0 aliphatic carbocycles. The molecule has 0 rings (SSSR count). The standard InChI is InChI=1S/C11H20/c1-6-7-11(10(4)5)8-9(2)3/h6,8,10-11H,1,7H2,2-5H3/t11-/m0/s1. The zero-order valence-corrected chi connectivity index (χ0v) is 8.22. The molecule has 0 aliphatic heterocycles. The van der Waals surface area contributed by atoms with Gasteiger partial charge < -0.3 is 0 Å². The summed E-state index contributed by atoms with van der Waals surface area (Å²) in [5.74, 6) is 1.40. The van der Waals surface area contributed by atoms with Gasteiger partial charge >= 0.3 is 0 Å². The second-order valence-corrected chi connectivity index (χ2v) is 3.68. The third kappa shape index (κ3) is 4.83. The van der Waals surface area contributed by atoms with Crippen molar-refractivity contribution >= 4 is 0 Å². The first-order valence-electron chi connectivity index (χ1n) is 4.33. The van der Waals surface area contributed by atoms with Crippen molar-refractivity contribution in [3.63, 3.8) is 0 Å². The van der Waals surface area contributed by atoms with Crippen molar-refractivity contribution in [2.45, 2.75) is 34.1 Å². The van der Waals surface area contributed by atoms with Crippen molar-refractivity contribution in [2.24, 2.45) is 11.8 Å². The molecule has 0 saturated carbocycles. The summed E-state index contributed by atoms with van der Waals surface area (Å²) in [6, 6.07) is 0. The van der Waals surface area contributed by atoms with E-state index in [2.05, 4.69) is 40.3 Å². The first-order chi connectivity index (χ1) is 5.07. The van der Waals surface area contributed by atoms with Crippen LogP contribution < -0.4 is 0 Å². The molecule has 0 N–H and O–H groups in total. The van der Waals surface area contributed by atoms with E-state index in [1.54, 1.807) is 0 Å². The van der Waals surface area contributed by atoms with Gasteiger partial charge in [-0.2, -0.15) is 0 Å². The van der Waals surface area contributed by atoms with E-state index in [9.17, 15) is 0 Å². The van der Waals surface area contributed by atoms with Gasteiger partial charge in [-0.05, 0) is 32.1 Å². The van der Waals surface area contributed by atoms with Crippen molar-refractivity contribution in [3.05, 3.63) is 24.3 Å². The van der Waals surface area contributed by atoms with Crippen LogP contribution in [-0.4, -0.2) is 0 Å². The molecule has 0 heterocycles. The lowest BCUT2D eigenvalue weighted by Crippen LogP contribution is -2.04. The summed E-state index contributed by atoms with van der Waals surface area (Å²) < 4.78 is 0. The van der Waals surface area contributed by atoms with Crippen molar-refractivity contribution in [1.29, 1.82) is 0 Å². The highest BCUT2D eigenvalue weighted by Crippen LogP contribution is 2.18. The molecule has 0 aromatic carbocycles. The van der Waals surface area contributed by atoms with E-state index in [1.807, 2.05) is 6.08 Å². The van der Waals surface area contributed by atoms with Crippen molar-refractivity contribution in [2.75, 3.05) is 0 Å². The quantitative estimate of drug-likeness (QED) is 0.537. The Morgan fingerprint density at radius 2 is 1.91 bits per heavy atom. The Labute approximate surface area is 71.0 Å². The average Bonchev–Trinajstić information content (AvgIpc) is 1.86. The van der Waals surface area contributed by atoms with E-state index in [0.717, 1.165) is 12.3 Å². The van der Waals surface area contributed by atoms with Crippen LogP contribution in [0.15, 0.2) is 24.3 Å². The Morgan fingerprint density at radius 1 is 1.36 bits per heavy atom. The topological polar surface area (TPSA) is 0 Å². The third-order valence-electron chi connectivity index (χ3n) is 1.84. The predicted octanol–water partition coefficient (Wildman–Crippen LogP) is 3.80. The van der Waals surface area contributed by atoms with Crippen molar-refractivity contribution < 1.29 is 0 Å². The summed E-state index contributed by atoms with van der Waals surface area (Å²) in [5.41, 5.74) is 1.41. The van der Waals surface area contributed by atoms with Crippen LogP contribution in [0.3, 0.4) is 0 Å². The molecule has 0 unspecified atom stereocenters. The number of hydrogen-bond acceptors (Lipinski definition) is 0. The molecule has 0 aromatic rings. The lowest BCUT2D eigenvalue weighted by molar-refractivity contribution is 0.468. The summed E-state index contributed by atoms with van der Waals surface area (Å²) in [5, 5.41) is 0. The van der Waals surface area contributed by atoms with Gasteiger partial charge in [-0.15, -0.1) is 6.58 Å². The molecule has 0 aromatic heterocycles. The lowest BCUT2D eigenvalue weighted by atomic mass is 9.91. The SMILES string of the molecule is C=CC[C@@H](C=C(C)C)C(C)C. The summed E-state index contributed by atoms with van der Waals surface area (Å²) in [6.45, 7) is 12.6. The van der Waals surface area contributed by atoms with Crippen LogP contribution >= 0.6 is 0 Å². The van der Waals surface area contributed by atoms with E-state index in [0.29, 0.717) is 5.92 Å². The van der Waals surface area contributed by atoms with Crippen LogP contribution in [0.1, 0.15) is 34.1 Å². The molecule has 0 saturated heterocycles. The largest absolute Gasteiger partial charge is 0.103 e. The Balaban J connectivity index is 4.10. The van der Waals surface area contributed by atoms with E-state index < -0.39 is 0 Å². The van der Waals surface area contributed by atoms with E-state index >= 15 is 0 Å². The summed E-state index contributed by atoms with van der Waals surface area (Å²) in [7, 11) is 0. The van der Waals surface area contributed by atoms with Gasteiger partial charge in [-0.25, -0.2) is 0 Å². The van der Waals surface area contributed by atoms with Crippen molar-refractivity contribution in [1.82, 2.24) is 0 Å². The average molecular weight is 152 g/mol. The molecule has 0 radical (unpaired) electrons. The minimum absolute atomic E-state index is 0.678. The smallest absolute Gasteiger partial charge is 0.0173 e. The third-order valence-corrected chi connectivity index (χ3v) is 1.84. The normalized spacial score (nSPS) is 12.8. The minimum atomic E-state index is 0.678. The molecule has 0 bridgehead atoms. The molecule has 0 fully saturated rings. The second kappa shape index (κ2) is 5.17. The minimum Gasteiger partial charge on any atom is -0.103 e. The highest BCUT2D eigenvalue weighted by atomic mass is 14.1. The van der Waals surface area contributed by atoms with Gasteiger partial charge in [0.1, 0.15) is 0 Å². The molecular formula is C11H20. The Hall–Kier alpha value is -0.520. The molecule has 11 heavy (non-hydrogen) atoms. The molecule has 0 spiro atoms. The van der Waals surface area contributed by atoms with E-state index in [-0.39, 0.29) is 0 Å². The molecule has 64 valence electrons. The summed E-state index contributed by atoms with van der Waals surface area (Å²) in [4.78, 5) is 0. The maximum Gasteiger partial charge on any atom is -0.0173 e. The van der Waals surface area contributed by atoms with Gasteiger partial charge in [0.25, 0.3) is 0 Å². The fourth-order valence-electron chi connectivity index (χ4n) is 1.15. The van der Waals surface area contributed by atoms with Crippen molar-refractivity contribution in [3.8, 4) is 0 Å². The van der Waals surface area contributed by atoms with Gasteiger partial charge in [0.05, 0.1) is 0 Å². The van der Waals surface area contributed by atoms with Crippen LogP contribution in [0.2, 0.25) is 0 Å². The maximum absolute atomic E-state index is 3.76. The van der Waals surface area contributed by atoms with Gasteiger partial charge in [-0.3, -0.25) is 0 Å². The van der Waals surface area contributed by atoms with Crippen LogP contribution in [0, 0.1) is 11.8 Å². The zero-order valence-electron chi connectivity index (χ0n) is 8.22. The Morgan fingerprint density at radius 3 is 2.18 bits per heavy atom. The first kappa shape index (κ1) is 10.5. The predicted molar refractivity (Wildman–Crippen MR) is 52.6 cm³/mol. The molecule has 1 atom stereocenters. The fourth-order valence-corrected chi connectivity index (χ4v) is 1.15. The Bertz CT molecular complexity index is 136.